The number of hydrogen-bond acceptors (Lipinski definition) is 7. The van der Waals surface area contributed by atoms with Crippen LogP contribution >= 0.6 is 11.8 Å². The van der Waals surface area contributed by atoms with Crippen molar-refractivity contribution in [1.82, 2.24) is 25.0 Å². The molecule has 0 aliphatic rings. The normalized spacial score (nSPS) is 13.7. The van der Waals surface area contributed by atoms with Gasteiger partial charge in [-0.3, -0.25) is 4.79 Å². The Morgan fingerprint density at radius 1 is 1.32 bits per heavy atom. The smallest absolute Gasteiger partial charge is 0.374 e. The van der Waals surface area contributed by atoms with Crippen molar-refractivity contribution in [1.29, 1.82) is 0 Å². The zero-order valence-corrected chi connectivity index (χ0v) is 17.5. The number of hydrogen-bond donors (Lipinski definition) is 2. The van der Waals surface area contributed by atoms with Crippen molar-refractivity contribution in [3.8, 4) is 0 Å². The largest absolute Gasteiger partial charge is 0.424 e. The van der Waals surface area contributed by atoms with Crippen LogP contribution in [0.3, 0.4) is 0 Å². The lowest BCUT2D eigenvalue weighted by Crippen LogP contribution is -2.46. The molecule has 1 atom stereocenters. The van der Waals surface area contributed by atoms with Gasteiger partial charge in [0, 0.05) is 50.4 Å². The lowest BCUT2D eigenvalue weighted by Gasteiger charge is -2.30. The van der Waals surface area contributed by atoms with E-state index in [1.165, 1.54) is 43.5 Å². The number of aliphatic hydroxyl groups is 1. The van der Waals surface area contributed by atoms with E-state index in [-0.39, 0.29) is 5.56 Å². The lowest BCUT2D eigenvalue weighted by molar-refractivity contribution is -0.272. The maximum Gasteiger partial charge on any atom is 0.424 e. The molecule has 2 N–H and O–H groups in total. The van der Waals surface area contributed by atoms with Crippen molar-refractivity contribution in [3.05, 3.63) is 59.6 Å². The first-order chi connectivity index (χ1) is 14.6. The molecule has 3 aromatic rings. The first-order valence-corrected chi connectivity index (χ1v) is 10.2. The van der Waals surface area contributed by atoms with E-state index < -0.39 is 36.5 Å². The van der Waals surface area contributed by atoms with E-state index in [2.05, 4.69) is 20.4 Å². The number of carbonyl (C=O) groups excluding carboxylic acids is 1. The molecule has 0 unspecified atom stereocenters. The Morgan fingerprint density at radius 3 is 2.71 bits per heavy atom. The third kappa shape index (κ3) is 5.07. The van der Waals surface area contributed by atoms with Crippen LogP contribution in [-0.2, 0) is 18.4 Å². The molecule has 3 heterocycles. The van der Waals surface area contributed by atoms with Crippen LogP contribution in [0, 0.1) is 6.92 Å². The van der Waals surface area contributed by atoms with E-state index in [1.54, 1.807) is 19.1 Å². The summed E-state index contributed by atoms with van der Waals surface area (Å²) in [6.45, 7) is 1.33. The minimum Gasteiger partial charge on any atom is -0.374 e. The second kappa shape index (κ2) is 9.10. The van der Waals surface area contributed by atoms with E-state index in [1.807, 2.05) is 0 Å². The third-order valence-electron chi connectivity index (χ3n) is 4.48. The van der Waals surface area contributed by atoms with Crippen LogP contribution in [0.5, 0.6) is 0 Å². The summed E-state index contributed by atoms with van der Waals surface area (Å²) in [5, 5.41) is 17.0. The molecule has 3 aromatic heterocycles. The van der Waals surface area contributed by atoms with Gasteiger partial charge in [0.2, 0.25) is 5.60 Å². The quantitative estimate of drug-likeness (QED) is 0.503. The van der Waals surface area contributed by atoms with Crippen molar-refractivity contribution in [2.24, 2.45) is 7.05 Å². The average molecular weight is 455 g/mol. The van der Waals surface area contributed by atoms with E-state index >= 15 is 0 Å². The maximum absolute atomic E-state index is 13.6. The zero-order chi connectivity index (χ0) is 22.6. The Hall–Kier alpha value is -2.86. The van der Waals surface area contributed by atoms with Gasteiger partial charge < -0.3 is 19.5 Å². The highest BCUT2D eigenvalue weighted by molar-refractivity contribution is 7.98. The number of imidazole rings is 1. The molecule has 0 bridgehead atoms. The molecule has 0 aliphatic carbocycles. The zero-order valence-electron chi connectivity index (χ0n) is 16.7. The summed E-state index contributed by atoms with van der Waals surface area (Å²) in [4.78, 5) is 20.4. The van der Waals surface area contributed by atoms with Crippen LogP contribution in [-0.4, -0.2) is 43.4 Å². The summed E-state index contributed by atoms with van der Waals surface area (Å²) in [5.41, 5.74) is -2.32. The van der Waals surface area contributed by atoms with Crippen LogP contribution in [0.2, 0.25) is 0 Å². The molecule has 8 nitrogen and oxygen atoms in total. The minimum absolute atomic E-state index is 0.209. The molecule has 0 spiro atoms. The van der Waals surface area contributed by atoms with Gasteiger partial charge in [0.1, 0.15) is 16.6 Å². The van der Waals surface area contributed by atoms with Crippen molar-refractivity contribution in [3.63, 3.8) is 0 Å². The molecule has 166 valence electrons. The van der Waals surface area contributed by atoms with Gasteiger partial charge in [-0.05, 0) is 19.1 Å². The number of aromatic nitrogens is 4. The summed E-state index contributed by atoms with van der Waals surface area (Å²) in [6, 6.07) is 4.83. The van der Waals surface area contributed by atoms with Crippen LogP contribution in [0.4, 0.5) is 13.2 Å². The van der Waals surface area contributed by atoms with E-state index in [9.17, 15) is 23.1 Å². The van der Waals surface area contributed by atoms with Crippen molar-refractivity contribution in [2.75, 3.05) is 6.54 Å². The number of halogens is 3. The lowest BCUT2D eigenvalue weighted by atomic mass is 9.97. The second-order valence-electron chi connectivity index (χ2n) is 6.80. The number of alkyl halides is 3. The SMILES string of the molecule is Cc1cc(CSc2ncccc2C(=O)NCC[C@](O)(c2nccn2C)C(F)(F)F)no1. The third-order valence-corrected chi connectivity index (χ3v) is 5.52. The number of thioether (sulfide) groups is 1. The number of amides is 1. The Balaban J connectivity index is 1.67. The Labute approximate surface area is 179 Å². The van der Waals surface area contributed by atoms with Gasteiger partial charge in [0.25, 0.3) is 5.91 Å². The summed E-state index contributed by atoms with van der Waals surface area (Å²) in [6.07, 6.45) is -1.78. The highest BCUT2D eigenvalue weighted by Crippen LogP contribution is 2.40. The number of pyridine rings is 1. The van der Waals surface area contributed by atoms with Gasteiger partial charge in [-0.25, -0.2) is 9.97 Å². The first-order valence-electron chi connectivity index (χ1n) is 9.17. The molecular weight excluding hydrogens is 435 g/mol. The summed E-state index contributed by atoms with van der Waals surface area (Å²) < 4.78 is 46.8. The molecule has 0 saturated heterocycles. The second-order valence-corrected chi connectivity index (χ2v) is 7.76. The van der Waals surface area contributed by atoms with E-state index in [0.29, 0.717) is 22.2 Å². The highest BCUT2D eigenvalue weighted by atomic mass is 32.2. The summed E-state index contributed by atoms with van der Waals surface area (Å²) in [7, 11) is 1.35. The van der Waals surface area contributed by atoms with Crippen molar-refractivity contribution >= 4 is 17.7 Å². The van der Waals surface area contributed by atoms with Gasteiger partial charge in [0.15, 0.2) is 0 Å². The predicted octanol–water partition coefficient (Wildman–Crippen LogP) is 2.97. The monoisotopic (exact) mass is 455 g/mol. The molecular formula is C19H20F3N5O3S. The average Bonchev–Trinajstić information content (AvgIpc) is 3.33. The minimum atomic E-state index is -4.97. The van der Waals surface area contributed by atoms with Gasteiger partial charge in [0.05, 0.1) is 11.3 Å². The fourth-order valence-corrected chi connectivity index (χ4v) is 3.78. The molecule has 31 heavy (non-hydrogen) atoms. The highest BCUT2D eigenvalue weighted by Gasteiger charge is 2.57. The fourth-order valence-electron chi connectivity index (χ4n) is 2.90. The fraction of sp³-hybridized carbons (Fsp3) is 0.368. The standard InChI is InChI=1S/C19H20F3N5O3S/c1-12-10-13(26-30-12)11-31-16-14(4-3-6-24-16)15(28)23-7-5-18(29,19(20,21)22)17-25-8-9-27(17)2/h3-4,6,8-10,29H,5,7,11H2,1-2H3,(H,23,28)/t18-/m0/s1. The van der Waals surface area contributed by atoms with Gasteiger partial charge >= 0.3 is 6.18 Å². The number of carbonyl (C=O) groups is 1. The molecule has 0 aromatic carbocycles. The van der Waals surface area contributed by atoms with Gasteiger partial charge in [-0.1, -0.05) is 16.9 Å². The topological polar surface area (TPSA) is 106 Å². The molecule has 3 rings (SSSR count). The summed E-state index contributed by atoms with van der Waals surface area (Å²) >= 11 is 1.25. The molecule has 0 saturated carbocycles. The summed E-state index contributed by atoms with van der Waals surface area (Å²) in [5.74, 6) is -0.0905. The van der Waals surface area contributed by atoms with Crippen molar-refractivity contribution in [2.45, 2.75) is 35.9 Å². The van der Waals surface area contributed by atoms with E-state index in [4.69, 9.17) is 4.52 Å². The first kappa shape index (κ1) is 22.8. The van der Waals surface area contributed by atoms with Crippen LogP contribution in [0.15, 0.2) is 46.3 Å². The number of nitrogens with one attached hydrogen (secondary N) is 1. The van der Waals surface area contributed by atoms with Crippen molar-refractivity contribution < 1.29 is 27.6 Å². The Morgan fingerprint density at radius 2 is 2.10 bits per heavy atom. The maximum atomic E-state index is 13.6. The molecule has 0 aliphatic heterocycles. The van der Waals surface area contributed by atoms with E-state index in [0.717, 1.165) is 4.57 Å². The predicted molar refractivity (Wildman–Crippen MR) is 105 cm³/mol. The Bertz CT molecular complexity index is 1050. The van der Waals surface area contributed by atoms with Gasteiger partial charge in [-0.15, -0.1) is 0 Å². The molecule has 0 fully saturated rings. The van der Waals surface area contributed by atoms with Crippen LogP contribution in [0.25, 0.3) is 0 Å². The van der Waals surface area contributed by atoms with Gasteiger partial charge in [-0.2, -0.15) is 13.2 Å². The number of nitrogens with zero attached hydrogens (tertiary/aromatic N) is 4. The Kier molecular flexibility index (Phi) is 6.70. The van der Waals surface area contributed by atoms with Crippen LogP contribution in [0.1, 0.15) is 34.1 Å². The van der Waals surface area contributed by atoms with Crippen LogP contribution < -0.4 is 5.32 Å². The molecule has 1 amide bonds. The number of rotatable bonds is 8. The molecule has 0 radical (unpaired) electrons. The molecule has 12 heteroatoms. The number of aryl methyl sites for hydroxylation is 2.